The molecule has 0 fully saturated rings. The van der Waals surface area contributed by atoms with E-state index >= 15 is 0 Å². The zero-order chi connectivity index (χ0) is 19.0. The summed E-state index contributed by atoms with van der Waals surface area (Å²) in [5.41, 5.74) is 2.82. The van der Waals surface area contributed by atoms with Crippen LogP contribution in [-0.2, 0) is 4.79 Å². The second-order valence-corrected chi connectivity index (χ2v) is 6.79. The molecule has 1 aliphatic rings. The number of hydrogen-bond acceptors (Lipinski definition) is 4. The minimum Gasteiger partial charge on any atom is -0.376 e. The minimum atomic E-state index is -0.471. The van der Waals surface area contributed by atoms with Crippen LogP contribution in [0.4, 0.5) is 11.4 Å². The van der Waals surface area contributed by atoms with Gasteiger partial charge in [-0.05, 0) is 37.3 Å². The average Bonchev–Trinajstić information content (AvgIpc) is 2.79. The number of fused-ring (bicyclic) bond motifs is 1. The lowest BCUT2D eigenvalue weighted by Crippen LogP contribution is -2.37. The van der Waals surface area contributed by atoms with E-state index in [0.717, 1.165) is 16.2 Å². The number of halogens is 1. The Labute approximate surface area is 156 Å². The van der Waals surface area contributed by atoms with Crippen molar-refractivity contribution in [2.24, 2.45) is 0 Å². The van der Waals surface area contributed by atoms with Crippen LogP contribution in [0.15, 0.2) is 36.4 Å². The highest BCUT2D eigenvalue weighted by Gasteiger charge is 2.36. The molecule has 1 N–H and O–H groups in total. The highest BCUT2D eigenvalue weighted by atomic mass is 35.5. The smallest absolute Gasteiger partial charge is 0.262 e. The third kappa shape index (κ3) is 3.28. The number of hydrogen-bond donors (Lipinski definition) is 1. The Morgan fingerprint density at radius 3 is 2.46 bits per heavy atom. The number of imide groups is 1. The van der Waals surface area contributed by atoms with Crippen molar-refractivity contribution >= 4 is 40.7 Å². The Morgan fingerprint density at radius 1 is 1.08 bits per heavy atom. The number of rotatable bonds is 4. The summed E-state index contributed by atoms with van der Waals surface area (Å²) in [6, 6.07) is 10.2. The molecule has 1 heterocycles. The number of carbonyl (C=O) groups excluding carboxylic acids is 3. The molecule has 1 aliphatic heterocycles. The Kier molecular flexibility index (Phi) is 4.70. The summed E-state index contributed by atoms with van der Waals surface area (Å²) < 4.78 is 0. The highest BCUT2D eigenvalue weighted by Crippen LogP contribution is 2.28. The van der Waals surface area contributed by atoms with Crippen LogP contribution in [0.5, 0.6) is 0 Å². The number of anilines is 2. The number of aryl methyl sites for hydroxylation is 1. The number of nitrogens with one attached hydrogen (secondary N) is 1. The fourth-order valence-corrected chi connectivity index (χ4v) is 3.05. The van der Waals surface area contributed by atoms with E-state index in [9.17, 15) is 14.4 Å². The van der Waals surface area contributed by atoms with Crippen molar-refractivity contribution < 1.29 is 14.4 Å². The molecule has 7 heteroatoms. The lowest BCUT2D eigenvalue weighted by atomic mass is 10.1. The second kappa shape index (κ2) is 6.80. The minimum absolute atomic E-state index is 0.324. The summed E-state index contributed by atoms with van der Waals surface area (Å²) in [6.07, 6.45) is 0. The number of carbonyl (C=O) groups is 3. The SMILES string of the molecule is Cc1ccc2c(c1)C(=O)N(CC(=O)Nc1cc(Cl)ccc1N(C)C)C2=O. The number of benzene rings is 2. The van der Waals surface area contributed by atoms with Gasteiger partial charge in [0.05, 0.1) is 22.5 Å². The summed E-state index contributed by atoms with van der Waals surface area (Å²) in [7, 11) is 3.68. The van der Waals surface area contributed by atoms with Crippen LogP contribution < -0.4 is 10.2 Å². The van der Waals surface area contributed by atoms with E-state index in [0.29, 0.717) is 21.8 Å². The fourth-order valence-electron chi connectivity index (χ4n) is 2.88. The van der Waals surface area contributed by atoms with Gasteiger partial charge in [-0.2, -0.15) is 0 Å². The Balaban J connectivity index is 1.79. The van der Waals surface area contributed by atoms with Crippen molar-refractivity contribution in [1.82, 2.24) is 4.90 Å². The number of amides is 3. The van der Waals surface area contributed by atoms with E-state index in [1.54, 1.807) is 36.4 Å². The summed E-state index contributed by atoms with van der Waals surface area (Å²) >= 11 is 6.01. The zero-order valence-corrected chi connectivity index (χ0v) is 15.4. The van der Waals surface area contributed by atoms with Gasteiger partial charge in [0.2, 0.25) is 5.91 Å². The van der Waals surface area contributed by atoms with Gasteiger partial charge in [0.15, 0.2) is 0 Å². The maximum atomic E-state index is 12.5. The van der Waals surface area contributed by atoms with Crippen LogP contribution in [0.1, 0.15) is 26.3 Å². The van der Waals surface area contributed by atoms with Crippen molar-refractivity contribution in [1.29, 1.82) is 0 Å². The van der Waals surface area contributed by atoms with Crippen LogP contribution in [0.2, 0.25) is 5.02 Å². The summed E-state index contributed by atoms with van der Waals surface area (Å²) in [5.74, 6) is -1.39. The maximum Gasteiger partial charge on any atom is 0.262 e. The molecule has 0 atom stereocenters. The lowest BCUT2D eigenvalue weighted by molar-refractivity contribution is -0.116. The van der Waals surface area contributed by atoms with Gasteiger partial charge >= 0.3 is 0 Å². The molecule has 2 aromatic rings. The first kappa shape index (κ1) is 17.9. The molecule has 0 saturated carbocycles. The van der Waals surface area contributed by atoms with Crippen LogP contribution in [0.25, 0.3) is 0 Å². The van der Waals surface area contributed by atoms with Gasteiger partial charge < -0.3 is 10.2 Å². The molecular weight excluding hydrogens is 354 g/mol. The summed E-state index contributed by atoms with van der Waals surface area (Å²) in [4.78, 5) is 40.1. The first-order valence-corrected chi connectivity index (χ1v) is 8.39. The van der Waals surface area contributed by atoms with Crippen molar-refractivity contribution in [3.8, 4) is 0 Å². The molecule has 134 valence electrons. The van der Waals surface area contributed by atoms with Gasteiger partial charge in [0.25, 0.3) is 11.8 Å². The second-order valence-electron chi connectivity index (χ2n) is 6.35. The molecule has 0 aliphatic carbocycles. The Hall–Kier alpha value is -2.86. The standard InChI is InChI=1S/C19H18ClN3O3/c1-11-4-6-13-14(8-11)19(26)23(18(13)25)10-17(24)21-15-9-12(20)5-7-16(15)22(2)3/h4-9H,10H2,1-3H3,(H,21,24). The molecule has 0 bridgehead atoms. The van der Waals surface area contributed by atoms with E-state index in [1.807, 2.05) is 25.9 Å². The van der Waals surface area contributed by atoms with Gasteiger partial charge in [-0.3, -0.25) is 19.3 Å². The predicted molar refractivity (Wildman–Crippen MR) is 101 cm³/mol. The quantitative estimate of drug-likeness (QED) is 0.839. The van der Waals surface area contributed by atoms with Crippen LogP contribution in [0.3, 0.4) is 0 Å². The van der Waals surface area contributed by atoms with E-state index in [4.69, 9.17) is 11.6 Å². The van der Waals surface area contributed by atoms with Gasteiger partial charge in [-0.1, -0.05) is 23.2 Å². The molecule has 0 saturated heterocycles. The van der Waals surface area contributed by atoms with Crippen molar-refractivity contribution in [3.63, 3.8) is 0 Å². The van der Waals surface area contributed by atoms with Gasteiger partial charge in [0, 0.05) is 19.1 Å². The van der Waals surface area contributed by atoms with Crippen molar-refractivity contribution in [2.45, 2.75) is 6.92 Å². The Bertz CT molecular complexity index is 924. The van der Waals surface area contributed by atoms with Crippen molar-refractivity contribution in [3.05, 3.63) is 58.1 Å². The fraction of sp³-hybridized carbons (Fsp3) is 0.211. The van der Waals surface area contributed by atoms with Crippen LogP contribution in [-0.4, -0.2) is 43.3 Å². The van der Waals surface area contributed by atoms with E-state index in [2.05, 4.69) is 5.32 Å². The van der Waals surface area contributed by atoms with E-state index in [1.165, 1.54) is 0 Å². The van der Waals surface area contributed by atoms with Gasteiger partial charge in [0.1, 0.15) is 6.54 Å². The lowest BCUT2D eigenvalue weighted by Gasteiger charge is -2.19. The molecular formula is C19H18ClN3O3. The summed E-state index contributed by atoms with van der Waals surface area (Å²) in [6.45, 7) is 1.49. The maximum absolute atomic E-state index is 12.5. The molecule has 3 amide bonds. The molecule has 2 aromatic carbocycles. The average molecular weight is 372 g/mol. The molecule has 6 nitrogen and oxygen atoms in total. The first-order chi connectivity index (χ1) is 12.3. The van der Waals surface area contributed by atoms with Crippen molar-refractivity contribution in [2.75, 3.05) is 30.9 Å². The Morgan fingerprint density at radius 2 is 1.77 bits per heavy atom. The highest BCUT2D eigenvalue weighted by molar-refractivity contribution is 6.31. The summed E-state index contributed by atoms with van der Waals surface area (Å²) in [5, 5.41) is 3.20. The largest absolute Gasteiger partial charge is 0.376 e. The monoisotopic (exact) mass is 371 g/mol. The molecule has 26 heavy (non-hydrogen) atoms. The first-order valence-electron chi connectivity index (χ1n) is 8.01. The van der Waals surface area contributed by atoms with Crippen LogP contribution >= 0.6 is 11.6 Å². The number of nitrogens with zero attached hydrogens (tertiary/aromatic N) is 2. The molecule has 0 spiro atoms. The molecule has 0 unspecified atom stereocenters. The topological polar surface area (TPSA) is 69.7 Å². The third-order valence-electron chi connectivity index (χ3n) is 4.14. The predicted octanol–water partition coefficient (Wildman–Crippen LogP) is 2.95. The van der Waals surface area contributed by atoms with E-state index < -0.39 is 17.7 Å². The molecule has 3 rings (SSSR count). The molecule has 0 radical (unpaired) electrons. The zero-order valence-electron chi connectivity index (χ0n) is 14.7. The van der Waals surface area contributed by atoms with Gasteiger partial charge in [-0.15, -0.1) is 0 Å². The molecule has 0 aromatic heterocycles. The van der Waals surface area contributed by atoms with Crippen LogP contribution in [0, 0.1) is 6.92 Å². The van der Waals surface area contributed by atoms with Gasteiger partial charge in [-0.25, -0.2) is 0 Å². The van der Waals surface area contributed by atoms with E-state index in [-0.39, 0.29) is 6.54 Å². The third-order valence-corrected chi connectivity index (χ3v) is 4.38. The normalized spacial score (nSPS) is 13.0.